The van der Waals surface area contributed by atoms with Crippen LogP contribution in [0, 0.1) is 0 Å². The summed E-state index contributed by atoms with van der Waals surface area (Å²) in [4.78, 5) is 6.92. The molecule has 3 unspecified atom stereocenters. The van der Waals surface area contributed by atoms with Crippen molar-refractivity contribution in [3.8, 4) is 0 Å². The largest absolute Gasteiger partial charge is 0.309 e. The van der Waals surface area contributed by atoms with Crippen LogP contribution in [-0.4, -0.2) is 34.6 Å². The van der Waals surface area contributed by atoms with E-state index in [0.29, 0.717) is 12.1 Å². The van der Waals surface area contributed by atoms with Crippen molar-refractivity contribution in [3.63, 3.8) is 0 Å². The highest BCUT2D eigenvalue weighted by Gasteiger charge is 2.36. The number of aromatic nitrogens is 1. The van der Waals surface area contributed by atoms with Crippen molar-refractivity contribution >= 4 is 0 Å². The van der Waals surface area contributed by atoms with Gasteiger partial charge in [-0.25, -0.2) is 0 Å². The van der Waals surface area contributed by atoms with E-state index in [-0.39, 0.29) is 5.54 Å². The van der Waals surface area contributed by atoms with Crippen LogP contribution in [0.25, 0.3) is 0 Å². The molecule has 2 rings (SSSR count). The molecule has 1 aromatic heterocycles. The maximum absolute atomic E-state index is 4.27. The summed E-state index contributed by atoms with van der Waals surface area (Å²) in [6, 6.07) is 5.28. The Morgan fingerprint density at radius 3 is 2.89 bits per heavy atom. The van der Waals surface area contributed by atoms with Crippen molar-refractivity contribution in [1.82, 2.24) is 15.2 Å². The zero-order valence-electron chi connectivity index (χ0n) is 12.7. The minimum atomic E-state index is 0.238. The zero-order chi connectivity index (χ0) is 13.9. The smallest absolute Gasteiger partial charge is 0.0339 e. The second kappa shape index (κ2) is 6.02. The zero-order valence-corrected chi connectivity index (χ0v) is 12.7. The molecular formula is C16H27N3. The normalized spacial score (nSPS) is 30.2. The van der Waals surface area contributed by atoms with Gasteiger partial charge in [0.25, 0.3) is 0 Å². The van der Waals surface area contributed by atoms with Gasteiger partial charge in [0, 0.05) is 43.1 Å². The van der Waals surface area contributed by atoms with E-state index in [2.05, 4.69) is 49.0 Å². The Balaban J connectivity index is 2.18. The molecule has 1 saturated heterocycles. The summed E-state index contributed by atoms with van der Waals surface area (Å²) in [5.74, 6) is 0. The number of rotatable bonds is 4. The molecule has 0 amide bonds. The highest BCUT2D eigenvalue weighted by Crippen LogP contribution is 2.29. The van der Waals surface area contributed by atoms with Crippen molar-refractivity contribution < 1.29 is 0 Å². The molecule has 1 aromatic rings. The van der Waals surface area contributed by atoms with Gasteiger partial charge in [-0.1, -0.05) is 19.9 Å². The van der Waals surface area contributed by atoms with Crippen molar-refractivity contribution in [1.29, 1.82) is 0 Å². The highest BCUT2D eigenvalue weighted by atomic mass is 15.3. The van der Waals surface area contributed by atoms with E-state index in [9.17, 15) is 0 Å². The van der Waals surface area contributed by atoms with Crippen LogP contribution in [0.1, 0.15) is 52.1 Å². The van der Waals surface area contributed by atoms with Crippen LogP contribution in [0.5, 0.6) is 0 Å². The van der Waals surface area contributed by atoms with Crippen LogP contribution < -0.4 is 5.32 Å². The first-order valence-corrected chi connectivity index (χ1v) is 7.50. The summed E-state index contributed by atoms with van der Waals surface area (Å²) in [6.07, 6.45) is 6.21. The number of pyridine rings is 1. The van der Waals surface area contributed by atoms with E-state index < -0.39 is 0 Å². The third-order valence-electron chi connectivity index (χ3n) is 4.68. The molecule has 0 spiro atoms. The molecule has 1 aliphatic heterocycles. The van der Waals surface area contributed by atoms with E-state index in [0.717, 1.165) is 13.1 Å². The second-order valence-corrected chi connectivity index (χ2v) is 5.99. The Morgan fingerprint density at radius 1 is 1.53 bits per heavy atom. The summed E-state index contributed by atoms with van der Waals surface area (Å²) in [6.45, 7) is 11.4. The topological polar surface area (TPSA) is 28.2 Å². The fourth-order valence-corrected chi connectivity index (χ4v) is 2.95. The predicted molar refractivity (Wildman–Crippen MR) is 80.1 cm³/mol. The fraction of sp³-hybridized carbons (Fsp3) is 0.688. The lowest BCUT2D eigenvalue weighted by atomic mass is 9.90. The molecule has 0 saturated carbocycles. The molecule has 0 radical (unpaired) electrons. The lowest BCUT2D eigenvalue weighted by Gasteiger charge is -2.48. The van der Waals surface area contributed by atoms with Crippen molar-refractivity contribution in [2.75, 3.05) is 13.1 Å². The van der Waals surface area contributed by atoms with Crippen molar-refractivity contribution in [2.24, 2.45) is 0 Å². The molecule has 2 heterocycles. The minimum absolute atomic E-state index is 0.238. The molecule has 0 aromatic carbocycles. The number of hydrogen-bond acceptors (Lipinski definition) is 3. The predicted octanol–water partition coefficient (Wildman–Crippen LogP) is 3.00. The molecule has 0 aliphatic carbocycles. The number of nitrogens with zero attached hydrogens (tertiary/aromatic N) is 2. The SMILES string of the molecule is CCC1CNC(C)(CC)CN1C(C)c1cccnc1. The van der Waals surface area contributed by atoms with Gasteiger partial charge in [0.1, 0.15) is 0 Å². The first-order valence-electron chi connectivity index (χ1n) is 7.50. The summed E-state index contributed by atoms with van der Waals surface area (Å²) < 4.78 is 0. The van der Waals surface area contributed by atoms with Crippen LogP contribution in [-0.2, 0) is 0 Å². The molecule has 3 heteroatoms. The van der Waals surface area contributed by atoms with Gasteiger partial charge in [0.2, 0.25) is 0 Å². The van der Waals surface area contributed by atoms with Gasteiger partial charge in [0.15, 0.2) is 0 Å². The van der Waals surface area contributed by atoms with E-state index in [1.54, 1.807) is 0 Å². The molecule has 3 nitrogen and oxygen atoms in total. The van der Waals surface area contributed by atoms with Gasteiger partial charge >= 0.3 is 0 Å². The van der Waals surface area contributed by atoms with E-state index in [1.165, 1.54) is 18.4 Å². The standard InChI is InChI=1S/C16H27N3/c1-5-15-11-18-16(4,6-2)12-19(15)13(3)14-8-7-9-17-10-14/h7-10,13,15,18H,5-6,11-12H2,1-4H3. The van der Waals surface area contributed by atoms with E-state index in [4.69, 9.17) is 0 Å². The average Bonchev–Trinajstić information content (AvgIpc) is 2.47. The van der Waals surface area contributed by atoms with Crippen molar-refractivity contribution in [2.45, 2.75) is 58.2 Å². The molecule has 1 aliphatic rings. The number of nitrogens with one attached hydrogen (secondary N) is 1. The maximum Gasteiger partial charge on any atom is 0.0339 e. The Labute approximate surface area is 117 Å². The molecule has 106 valence electrons. The van der Waals surface area contributed by atoms with Crippen LogP contribution in [0.2, 0.25) is 0 Å². The second-order valence-electron chi connectivity index (χ2n) is 5.99. The highest BCUT2D eigenvalue weighted by molar-refractivity contribution is 5.14. The molecule has 3 atom stereocenters. The Bertz CT molecular complexity index is 392. The summed E-state index contributed by atoms with van der Waals surface area (Å²) in [5, 5.41) is 3.73. The van der Waals surface area contributed by atoms with Crippen LogP contribution >= 0.6 is 0 Å². The molecule has 0 bridgehead atoms. The van der Waals surface area contributed by atoms with Gasteiger partial charge in [-0.15, -0.1) is 0 Å². The monoisotopic (exact) mass is 261 g/mol. The molecular weight excluding hydrogens is 234 g/mol. The van der Waals surface area contributed by atoms with E-state index >= 15 is 0 Å². The van der Waals surface area contributed by atoms with Crippen LogP contribution in [0.3, 0.4) is 0 Å². The first-order chi connectivity index (χ1) is 9.09. The summed E-state index contributed by atoms with van der Waals surface area (Å²) >= 11 is 0. The van der Waals surface area contributed by atoms with Gasteiger partial charge in [-0.05, 0) is 38.3 Å². The Kier molecular flexibility index (Phi) is 4.58. The minimum Gasteiger partial charge on any atom is -0.309 e. The van der Waals surface area contributed by atoms with Crippen LogP contribution in [0.15, 0.2) is 24.5 Å². The third-order valence-corrected chi connectivity index (χ3v) is 4.68. The summed E-state index contributed by atoms with van der Waals surface area (Å²) in [7, 11) is 0. The molecule has 1 fully saturated rings. The van der Waals surface area contributed by atoms with E-state index in [1.807, 2.05) is 18.5 Å². The third kappa shape index (κ3) is 3.15. The molecule has 19 heavy (non-hydrogen) atoms. The lowest BCUT2D eigenvalue weighted by molar-refractivity contribution is 0.0493. The Hall–Kier alpha value is -0.930. The average molecular weight is 261 g/mol. The van der Waals surface area contributed by atoms with Crippen LogP contribution in [0.4, 0.5) is 0 Å². The van der Waals surface area contributed by atoms with Gasteiger partial charge < -0.3 is 5.32 Å². The van der Waals surface area contributed by atoms with Gasteiger partial charge in [-0.2, -0.15) is 0 Å². The van der Waals surface area contributed by atoms with Gasteiger partial charge in [0.05, 0.1) is 0 Å². The summed E-state index contributed by atoms with van der Waals surface area (Å²) in [5.41, 5.74) is 1.56. The first kappa shape index (κ1) is 14.5. The quantitative estimate of drug-likeness (QED) is 0.903. The van der Waals surface area contributed by atoms with Gasteiger partial charge in [-0.3, -0.25) is 9.88 Å². The Morgan fingerprint density at radius 2 is 2.32 bits per heavy atom. The maximum atomic E-state index is 4.27. The molecule has 1 N–H and O–H groups in total. The lowest BCUT2D eigenvalue weighted by Crippen LogP contribution is -2.62. The number of hydrogen-bond donors (Lipinski definition) is 1. The fourth-order valence-electron chi connectivity index (χ4n) is 2.95. The number of piperazine rings is 1. The van der Waals surface area contributed by atoms with Crippen molar-refractivity contribution in [3.05, 3.63) is 30.1 Å².